The molecule has 9 amide bonds. The van der Waals surface area contributed by atoms with E-state index in [2.05, 4.69) is 52.5 Å². The van der Waals surface area contributed by atoms with Crippen LogP contribution >= 0.6 is 0 Å². The quantitative estimate of drug-likeness (QED) is 0.0487. The van der Waals surface area contributed by atoms with Crippen LogP contribution in [0.15, 0.2) is 12.5 Å². The zero-order valence-electron chi connectivity index (χ0n) is 36.7. The molecule has 12 N–H and O–H groups in total. The number of aliphatic hydroxyl groups is 2. The number of imidazole rings is 1. The Labute approximate surface area is 374 Å². The maximum atomic E-state index is 13.7. The molecule has 3 saturated heterocycles. The predicted octanol–water partition coefficient (Wildman–Crippen LogP) is -5.52. The molecule has 3 fully saturated rings. The summed E-state index contributed by atoms with van der Waals surface area (Å²) in [6.45, 7) is 3.15. The van der Waals surface area contributed by atoms with E-state index in [9.17, 15) is 58.2 Å². The average molecular weight is 919 g/mol. The van der Waals surface area contributed by atoms with Crippen molar-refractivity contribution in [3.05, 3.63) is 18.2 Å². The minimum absolute atomic E-state index is 0.0973. The van der Waals surface area contributed by atoms with Gasteiger partial charge in [-0.1, -0.05) is 20.3 Å². The van der Waals surface area contributed by atoms with Crippen LogP contribution in [-0.2, 0) is 54.4 Å². The normalized spacial score (nSPS) is 20.8. The second-order valence-electron chi connectivity index (χ2n) is 16.3. The molecule has 3 aliphatic heterocycles. The van der Waals surface area contributed by atoms with Crippen molar-refractivity contribution in [2.24, 2.45) is 5.92 Å². The number of aliphatic hydroxyl groups excluding tert-OH is 2. The number of nitrogens with one attached hydrogen (secondary N) is 9. The van der Waals surface area contributed by atoms with Gasteiger partial charge in [0.2, 0.25) is 53.2 Å². The first kappa shape index (κ1) is 51.4. The summed E-state index contributed by atoms with van der Waals surface area (Å²) < 4.78 is 0. The Bertz CT molecular complexity index is 1880. The number of likely N-dealkylation sites (tertiary alicyclic amines) is 2. The van der Waals surface area contributed by atoms with Gasteiger partial charge in [0, 0.05) is 31.4 Å². The summed E-state index contributed by atoms with van der Waals surface area (Å²) in [7, 11) is 0. The number of carbonyl (C=O) groups is 10. The van der Waals surface area contributed by atoms with Crippen molar-refractivity contribution in [2.45, 2.75) is 120 Å². The molecule has 9 atom stereocenters. The molecule has 0 aliphatic carbocycles. The lowest BCUT2D eigenvalue weighted by Gasteiger charge is -2.30. The highest BCUT2D eigenvalue weighted by Crippen LogP contribution is 2.21. The van der Waals surface area contributed by atoms with E-state index in [0.29, 0.717) is 37.9 Å². The van der Waals surface area contributed by atoms with E-state index in [4.69, 9.17) is 5.11 Å². The molecule has 0 aromatic carbocycles. The SMILES string of the molecule is CC[C@H](C)[C@H](NC(=O)[C@@H]1CCCN1C(=O)[C@H](C)NC(=O)[C@H](CO)NC(=O)[C@@H]1CCCN1)C(=O)NCC(=O)N1CCC[C@H]1C(=O)N[C@@H](Cc1cnc[nH]1)C(=O)NCC(=O)N[C@@H](CO)C(=O)O. The predicted molar refractivity (Wildman–Crippen MR) is 225 cm³/mol. The van der Waals surface area contributed by atoms with E-state index >= 15 is 0 Å². The fourth-order valence-electron chi connectivity index (χ4n) is 7.78. The lowest BCUT2D eigenvalue weighted by molar-refractivity contribution is -0.143. The van der Waals surface area contributed by atoms with Crippen LogP contribution in [0.5, 0.6) is 0 Å². The van der Waals surface area contributed by atoms with Crippen molar-refractivity contribution >= 4 is 59.1 Å². The fraction of sp³-hybridized carbons (Fsp3) is 0.675. The van der Waals surface area contributed by atoms with Crippen LogP contribution < -0.4 is 42.5 Å². The van der Waals surface area contributed by atoms with Gasteiger partial charge in [0.05, 0.1) is 38.7 Å². The Balaban J connectivity index is 1.33. The van der Waals surface area contributed by atoms with Gasteiger partial charge in [-0.2, -0.15) is 0 Å². The molecule has 0 unspecified atom stereocenters. The van der Waals surface area contributed by atoms with Crippen LogP contribution in [0.25, 0.3) is 0 Å². The first-order valence-electron chi connectivity index (χ1n) is 21.8. The first-order valence-corrected chi connectivity index (χ1v) is 21.8. The van der Waals surface area contributed by atoms with Gasteiger partial charge < -0.3 is 72.6 Å². The molecule has 1 aromatic rings. The van der Waals surface area contributed by atoms with Gasteiger partial charge in [-0.25, -0.2) is 9.78 Å². The number of aliphatic carboxylic acids is 1. The molecular weight excluding hydrogens is 857 g/mol. The monoisotopic (exact) mass is 918 g/mol. The van der Waals surface area contributed by atoms with E-state index in [1.165, 1.54) is 29.2 Å². The Kier molecular flexibility index (Phi) is 19.6. The summed E-state index contributed by atoms with van der Waals surface area (Å²) in [5.74, 6) is -8.04. The molecule has 0 bridgehead atoms. The highest BCUT2D eigenvalue weighted by atomic mass is 16.4. The third kappa shape index (κ3) is 14.4. The van der Waals surface area contributed by atoms with E-state index in [-0.39, 0.29) is 32.4 Å². The highest BCUT2D eigenvalue weighted by molar-refractivity contribution is 5.98. The third-order valence-corrected chi connectivity index (χ3v) is 11.7. The maximum absolute atomic E-state index is 13.7. The summed E-state index contributed by atoms with van der Waals surface area (Å²) >= 11 is 0. The molecule has 0 saturated carbocycles. The summed E-state index contributed by atoms with van der Waals surface area (Å²) in [5, 5.41) is 48.4. The largest absolute Gasteiger partial charge is 0.480 e. The molecule has 25 heteroatoms. The number of nitrogens with zero attached hydrogens (tertiary/aromatic N) is 3. The van der Waals surface area contributed by atoms with Crippen LogP contribution in [-0.4, -0.2) is 188 Å². The van der Waals surface area contributed by atoms with Gasteiger partial charge in [-0.05, 0) is 57.9 Å². The number of hydrogen-bond donors (Lipinski definition) is 12. The molecule has 4 heterocycles. The van der Waals surface area contributed by atoms with Crippen molar-refractivity contribution in [2.75, 3.05) is 45.9 Å². The molecular formula is C40H62N12O13. The molecule has 1 aromatic heterocycles. The first-order chi connectivity index (χ1) is 31.0. The second kappa shape index (κ2) is 24.7. The summed E-state index contributed by atoms with van der Waals surface area (Å²) in [6, 6.07) is -8.94. The average Bonchev–Trinajstić information content (AvgIpc) is 4.15. The Hall–Kier alpha value is -6.21. The van der Waals surface area contributed by atoms with E-state index in [1.807, 2.05) is 0 Å². The van der Waals surface area contributed by atoms with Gasteiger partial charge in [0.15, 0.2) is 0 Å². The molecule has 360 valence electrons. The lowest BCUT2D eigenvalue weighted by Crippen LogP contribution is -2.59. The Morgan fingerprint density at radius 3 is 1.97 bits per heavy atom. The standard InChI is InChI=1S/C40H62N12O13/c1-4-21(2)32(50-37(61)29-10-7-13-52(29)39(63)22(3)46-35(59)26(18-53)49-34(58)24-8-5-11-42-24)38(62)44-17-31(56)51-12-6-9-28(51)36(60)48-25(14-23-15-41-20-45-23)33(57)43-16-30(55)47-27(19-54)40(64)65/h15,20-22,24-29,32,42,53-54H,4-14,16-19H2,1-3H3,(H,41,45)(H,43,57)(H,44,62)(H,46,59)(H,47,55)(H,48,60)(H,49,58)(H,50,61)(H,64,65)/t21-,22-,24-,25-,26-,27-,28-,29-,32-/m0/s1. The smallest absolute Gasteiger partial charge is 0.328 e. The second-order valence-corrected chi connectivity index (χ2v) is 16.3. The molecule has 3 aliphatic rings. The van der Waals surface area contributed by atoms with Crippen molar-refractivity contribution < 1.29 is 63.3 Å². The van der Waals surface area contributed by atoms with Crippen molar-refractivity contribution in [3.63, 3.8) is 0 Å². The summed E-state index contributed by atoms with van der Waals surface area (Å²) in [6.07, 6.45) is 5.87. The van der Waals surface area contributed by atoms with Gasteiger partial charge in [0.1, 0.15) is 42.3 Å². The van der Waals surface area contributed by atoms with E-state index in [0.717, 1.165) is 6.42 Å². The minimum Gasteiger partial charge on any atom is -0.480 e. The van der Waals surface area contributed by atoms with Gasteiger partial charge in [-0.15, -0.1) is 0 Å². The number of rotatable bonds is 23. The van der Waals surface area contributed by atoms with Crippen molar-refractivity contribution in [1.82, 2.24) is 62.3 Å². The third-order valence-electron chi connectivity index (χ3n) is 11.7. The van der Waals surface area contributed by atoms with E-state index in [1.54, 1.807) is 13.8 Å². The van der Waals surface area contributed by atoms with Crippen LogP contribution in [0.4, 0.5) is 0 Å². The van der Waals surface area contributed by atoms with E-state index < -0.39 is 140 Å². The number of amides is 9. The zero-order chi connectivity index (χ0) is 47.8. The van der Waals surface area contributed by atoms with Crippen molar-refractivity contribution in [1.29, 1.82) is 0 Å². The molecule has 65 heavy (non-hydrogen) atoms. The zero-order valence-corrected chi connectivity index (χ0v) is 36.7. The summed E-state index contributed by atoms with van der Waals surface area (Å²) in [5.41, 5.74) is 0.448. The number of H-pyrrole nitrogens is 1. The van der Waals surface area contributed by atoms with Crippen molar-refractivity contribution in [3.8, 4) is 0 Å². The number of aromatic nitrogens is 2. The molecule has 4 rings (SSSR count). The number of hydrogen-bond acceptors (Lipinski definition) is 14. The number of carboxylic acid groups (broad SMARTS) is 1. The number of carbonyl (C=O) groups excluding carboxylic acids is 9. The minimum atomic E-state index is -1.59. The molecule has 0 spiro atoms. The highest BCUT2D eigenvalue weighted by Gasteiger charge is 2.40. The van der Waals surface area contributed by atoms with Gasteiger partial charge in [-0.3, -0.25) is 43.2 Å². The van der Waals surface area contributed by atoms with Crippen LogP contribution in [0.1, 0.15) is 71.4 Å². The lowest BCUT2D eigenvalue weighted by atomic mass is 9.97. The summed E-state index contributed by atoms with van der Waals surface area (Å²) in [4.78, 5) is 139. The number of aromatic amines is 1. The maximum Gasteiger partial charge on any atom is 0.328 e. The van der Waals surface area contributed by atoms with Crippen LogP contribution in [0.3, 0.4) is 0 Å². The van der Waals surface area contributed by atoms with Crippen LogP contribution in [0.2, 0.25) is 0 Å². The molecule has 25 nitrogen and oxygen atoms in total. The number of carboxylic acids is 1. The topological polar surface area (TPSA) is 363 Å². The van der Waals surface area contributed by atoms with Crippen LogP contribution in [0, 0.1) is 5.92 Å². The molecule has 0 radical (unpaired) electrons. The van der Waals surface area contributed by atoms with Gasteiger partial charge in [0.25, 0.3) is 0 Å². The Morgan fingerprint density at radius 2 is 1.37 bits per heavy atom. The Morgan fingerprint density at radius 1 is 0.738 bits per heavy atom. The van der Waals surface area contributed by atoms with Gasteiger partial charge >= 0.3 is 5.97 Å². The fourth-order valence-corrected chi connectivity index (χ4v) is 7.78.